The van der Waals surface area contributed by atoms with Crippen LogP contribution in [0.15, 0.2) is 16.8 Å². The van der Waals surface area contributed by atoms with Crippen LogP contribution in [0.2, 0.25) is 0 Å². The van der Waals surface area contributed by atoms with Gasteiger partial charge in [0.1, 0.15) is 0 Å². The van der Waals surface area contributed by atoms with Crippen molar-refractivity contribution in [2.75, 3.05) is 0 Å². The molecule has 0 N–H and O–H groups in total. The highest BCUT2D eigenvalue weighted by Gasteiger charge is 2.45. The standard InChI is InChI=1S/C13H16F2N4O/c1-19-9(3-6-16-19)7-11-17-12(20-18-11)13(4-2-5-13)8-10(14)15/h3,6,10H,2,4-5,7-8H2,1H3. The minimum absolute atomic E-state index is 0.194. The second-order valence-corrected chi connectivity index (χ2v) is 5.37. The van der Waals surface area contributed by atoms with Crippen LogP contribution in [0, 0.1) is 0 Å². The van der Waals surface area contributed by atoms with Crippen molar-refractivity contribution in [3.8, 4) is 0 Å². The van der Waals surface area contributed by atoms with Gasteiger partial charge in [0.2, 0.25) is 12.3 Å². The molecule has 1 fully saturated rings. The molecule has 0 atom stereocenters. The third-order valence-electron chi connectivity index (χ3n) is 4.04. The first kappa shape index (κ1) is 13.2. The minimum atomic E-state index is -2.34. The van der Waals surface area contributed by atoms with Crippen molar-refractivity contribution in [3.05, 3.63) is 29.7 Å². The number of aryl methyl sites for hydroxylation is 1. The van der Waals surface area contributed by atoms with E-state index in [9.17, 15) is 8.78 Å². The van der Waals surface area contributed by atoms with Gasteiger partial charge in [-0.1, -0.05) is 11.6 Å². The molecular formula is C13H16F2N4O. The zero-order valence-corrected chi connectivity index (χ0v) is 11.2. The molecule has 5 nitrogen and oxygen atoms in total. The topological polar surface area (TPSA) is 56.7 Å². The van der Waals surface area contributed by atoms with Crippen LogP contribution in [0.3, 0.4) is 0 Å². The molecular weight excluding hydrogens is 266 g/mol. The summed E-state index contributed by atoms with van der Waals surface area (Å²) in [5.41, 5.74) is 0.347. The highest BCUT2D eigenvalue weighted by Crippen LogP contribution is 2.47. The lowest BCUT2D eigenvalue weighted by molar-refractivity contribution is 0.0534. The van der Waals surface area contributed by atoms with Crippen LogP contribution in [-0.2, 0) is 18.9 Å². The number of aromatic nitrogens is 4. The molecule has 0 bridgehead atoms. The molecule has 0 saturated heterocycles. The number of alkyl halides is 2. The third kappa shape index (κ3) is 2.32. The van der Waals surface area contributed by atoms with E-state index in [0.717, 1.165) is 12.1 Å². The number of hydrogen-bond donors (Lipinski definition) is 0. The van der Waals surface area contributed by atoms with E-state index in [4.69, 9.17) is 4.52 Å². The number of nitrogens with zero attached hydrogens (tertiary/aromatic N) is 4. The van der Waals surface area contributed by atoms with Gasteiger partial charge in [0, 0.05) is 25.4 Å². The Morgan fingerprint density at radius 1 is 1.45 bits per heavy atom. The molecule has 20 heavy (non-hydrogen) atoms. The second-order valence-electron chi connectivity index (χ2n) is 5.37. The monoisotopic (exact) mass is 282 g/mol. The molecule has 2 aromatic rings. The van der Waals surface area contributed by atoms with Crippen LogP contribution in [0.5, 0.6) is 0 Å². The predicted octanol–water partition coefficient (Wildman–Crippen LogP) is 2.47. The average Bonchev–Trinajstić information content (AvgIpc) is 2.95. The van der Waals surface area contributed by atoms with E-state index in [2.05, 4.69) is 15.2 Å². The molecule has 0 unspecified atom stereocenters. The van der Waals surface area contributed by atoms with Gasteiger partial charge in [-0.05, 0) is 18.9 Å². The van der Waals surface area contributed by atoms with E-state index in [1.165, 1.54) is 0 Å². The van der Waals surface area contributed by atoms with Crippen LogP contribution in [0.25, 0.3) is 0 Å². The van der Waals surface area contributed by atoms with E-state index < -0.39 is 11.8 Å². The van der Waals surface area contributed by atoms with Gasteiger partial charge in [0.25, 0.3) is 0 Å². The molecule has 0 spiro atoms. The van der Waals surface area contributed by atoms with Gasteiger partial charge in [0.05, 0.1) is 11.8 Å². The highest BCUT2D eigenvalue weighted by molar-refractivity contribution is 5.13. The largest absolute Gasteiger partial charge is 0.339 e. The lowest BCUT2D eigenvalue weighted by atomic mass is 9.66. The molecule has 108 valence electrons. The maximum absolute atomic E-state index is 12.7. The summed E-state index contributed by atoms with van der Waals surface area (Å²) in [6.07, 6.45) is 1.98. The zero-order chi connectivity index (χ0) is 14.2. The summed E-state index contributed by atoms with van der Waals surface area (Å²) in [7, 11) is 1.83. The van der Waals surface area contributed by atoms with Crippen molar-refractivity contribution in [1.29, 1.82) is 0 Å². The van der Waals surface area contributed by atoms with Gasteiger partial charge in [0.15, 0.2) is 5.82 Å². The van der Waals surface area contributed by atoms with E-state index in [1.54, 1.807) is 10.9 Å². The Hall–Kier alpha value is -1.79. The quantitative estimate of drug-likeness (QED) is 0.845. The predicted molar refractivity (Wildman–Crippen MR) is 66.5 cm³/mol. The van der Waals surface area contributed by atoms with Crippen molar-refractivity contribution >= 4 is 0 Å². The van der Waals surface area contributed by atoms with Crippen LogP contribution < -0.4 is 0 Å². The van der Waals surface area contributed by atoms with E-state index in [-0.39, 0.29) is 6.42 Å². The fourth-order valence-corrected chi connectivity index (χ4v) is 2.68. The maximum atomic E-state index is 12.7. The van der Waals surface area contributed by atoms with E-state index in [0.29, 0.717) is 31.0 Å². The summed E-state index contributed by atoms with van der Waals surface area (Å²) >= 11 is 0. The van der Waals surface area contributed by atoms with Crippen LogP contribution >= 0.6 is 0 Å². The Balaban J connectivity index is 1.78. The summed E-state index contributed by atoms with van der Waals surface area (Å²) < 4.78 is 32.4. The lowest BCUT2D eigenvalue weighted by Crippen LogP contribution is -2.36. The third-order valence-corrected chi connectivity index (χ3v) is 4.04. The molecule has 3 rings (SSSR count). The van der Waals surface area contributed by atoms with Crippen LogP contribution in [-0.4, -0.2) is 26.3 Å². The Bertz CT molecular complexity index is 589. The van der Waals surface area contributed by atoms with Gasteiger partial charge in [-0.2, -0.15) is 10.1 Å². The normalized spacial score (nSPS) is 17.4. The van der Waals surface area contributed by atoms with Gasteiger partial charge in [-0.15, -0.1) is 0 Å². The molecule has 0 amide bonds. The fraction of sp³-hybridized carbons (Fsp3) is 0.615. The summed E-state index contributed by atoms with van der Waals surface area (Å²) in [5.74, 6) is 0.880. The van der Waals surface area contributed by atoms with Crippen molar-refractivity contribution < 1.29 is 13.3 Å². The van der Waals surface area contributed by atoms with Crippen LogP contribution in [0.4, 0.5) is 8.78 Å². The van der Waals surface area contributed by atoms with Gasteiger partial charge >= 0.3 is 0 Å². The van der Waals surface area contributed by atoms with E-state index in [1.807, 2.05) is 13.1 Å². The minimum Gasteiger partial charge on any atom is -0.339 e. The summed E-state index contributed by atoms with van der Waals surface area (Å²) in [6.45, 7) is 0. The Morgan fingerprint density at radius 3 is 2.80 bits per heavy atom. The molecule has 0 aromatic carbocycles. The summed E-state index contributed by atoms with van der Waals surface area (Å²) in [4.78, 5) is 4.32. The molecule has 1 aliphatic carbocycles. The average molecular weight is 282 g/mol. The summed E-state index contributed by atoms with van der Waals surface area (Å²) in [6, 6.07) is 1.87. The second kappa shape index (κ2) is 4.96. The number of halogens is 2. The molecule has 0 aliphatic heterocycles. The SMILES string of the molecule is Cn1nccc1Cc1noc(C2(CC(F)F)CCC2)n1. The van der Waals surface area contributed by atoms with Gasteiger partial charge in [-0.3, -0.25) is 4.68 Å². The van der Waals surface area contributed by atoms with Crippen molar-refractivity contribution in [2.45, 2.75) is 43.9 Å². The lowest BCUT2D eigenvalue weighted by Gasteiger charge is -2.38. The van der Waals surface area contributed by atoms with Gasteiger partial charge < -0.3 is 4.52 Å². The molecule has 1 aliphatic rings. The molecule has 7 heteroatoms. The number of hydrogen-bond acceptors (Lipinski definition) is 4. The first-order valence-corrected chi connectivity index (χ1v) is 6.67. The maximum Gasteiger partial charge on any atom is 0.239 e. The first-order chi connectivity index (χ1) is 9.59. The number of rotatable bonds is 5. The fourth-order valence-electron chi connectivity index (χ4n) is 2.68. The van der Waals surface area contributed by atoms with Crippen molar-refractivity contribution in [2.24, 2.45) is 7.05 Å². The van der Waals surface area contributed by atoms with Crippen molar-refractivity contribution in [1.82, 2.24) is 19.9 Å². The van der Waals surface area contributed by atoms with Crippen molar-refractivity contribution in [3.63, 3.8) is 0 Å². The smallest absolute Gasteiger partial charge is 0.239 e. The zero-order valence-electron chi connectivity index (χ0n) is 11.2. The highest BCUT2D eigenvalue weighted by atomic mass is 19.3. The Labute approximate surface area is 115 Å². The molecule has 2 heterocycles. The molecule has 1 saturated carbocycles. The first-order valence-electron chi connectivity index (χ1n) is 6.67. The molecule has 2 aromatic heterocycles. The Morgan fingerprint density at radius 2 is 2.25 bits per heavy atom. The van der Waals surface area contributed by atoms with E-state index >= 15 is 0 Å². The summed E-state index contributed by atoms with van der Waals surface area (Å²) in [5, 5.41) is 7.98. The van der Waals surface area contributed by atoms with Gasteiger partial charge in [-0.25, -0.2) is 8.78 Å². The molecule has 0 radical (unpaired) electrons. The van der Waals surface area contributed by atoms with Crippen LogP contribution in [0.1, 0.15) is 43.1 Å². The Kier molecular flexibility index (Phi) is 3.27.